The molecule has 2 aliphatic heterocycles. The van der Waals surface area contributed by atoms with Gasteiger partial charge in [-0.3, -0.25) is 4.79 Å². The van der Waals surface area contributed by atoms with E-state index in [9.17, 15) is 18.3 Å². The van der Waals surface area contributed by atoms with Gasteiger partial charge in [0.15, 0.2) is 0 Å². The van der Waals surface area contributed by atoms with Crippen LogP contribution >= 0.6 is 11.6 Å². The lowest BCUT2D eigenvalue weighted by Crippen LogP contribution is -2.51. The Morgan fingerprint density at radius 2 is 1.86 bits per heavy atom. The third kappa shape index (κ3) is 4.70. The topological polar surface area (TPSA) is 83.9 Å². The van der Waals surface area contributed by atoms with Crippen molar-refractivity contribution in [3.05, 3.63) is 58.1 Å². The fraction of sp³-hybridized carbons (Fsp3) is 0.519. The molecule has 1 saturated carbocycles. The number of carbonyl (C=O) groups is 1. The van der Waals surface area contributed by atoms with Gasteiger partial charge in [0.05, 0.1) is 10.9 Å². The first kappa shape index (κ1) is 24.6. The van der Waals surface area contributed by atoms with Crippen molar-refractivity contribution in [2.24, 2.45) is 11.8 Å². The second-order valence-electron chi connectivity index (χ2n) is 10.5. The largest absolute Gasteiger partial charge is 0.487 e. The van der Waals surface area contributed by atoms with E-state index in [1.54, 1.807) is 25.1 Å². The second kappa shape index (κ2) is 9.09. The van der Waals surface area contributed by atoms with Crippen LogP contribution in [0.3, 0.4) is 0 Å². The summed E-state index contributed by atoms with van der Waals surface area (Å²) in [5, 5.41) is 9.88. The van der Waals surface area contributed by atoms with Crippen molar-refractivity contribution in [2.75, 3.05) is 13.1 Å². The number of carboxylic acids is 1. The molecule has 8 heteroatoms. The van der Waals surface area contributed by atoms with E-state index in [1.807, 2.05) is 13.0 Å². The third-order valence-electron chi connectivity index (χ3n) is 8.05. The minimum absolute atomic E-state index is 0.00894. The number of fused-ring (bicyclic) bond motifs is 1. The van der Waals surface area contributed by atoms with Gasteiger partial charge < -0.3 is 9.84 Å². The van der Waals surface area contributed by atoms with Crippen molar-refractivity contribution in [1.29, 1.82) is 0 Å². The molecule has 1 saturated heterocycles. The summed E-state index contributed by atoms with van der Waals surface area (Å²) >= 11 is 6.24. The highest BCUT2D eigenvalue weighted by Crippen LogP contribution is 2.49. The van der Waals surface area contributed by atoms with E-state index in [-0.39, 0.29) is 15.8 Å². The molecular formula is C27H32ClNO5S. The molecule has 2 fully saturated rings. The first-order valence-corrected chi connectivity index (χ1v) is 14.2. The summed E-state index contributed by atoms with van der Waals surface area (Å²) in [6.07, 6.45) is 5.07. The second-order valence-corrected chi connectivity index (χ2v) is 12.8. The first-order chi connectivity index (χ1) is 16.6. The number of rotatable bonds is 6. The molecule has 35 heavy (non-hydrogen) atoms. The van der Waals surface area contributed by atoms with Gasteiger partial charge in [-0.05, 0) is 79.3 Å². The maximum Gasteiger partial charge on any atom is 0.306 e. The summed E-state index contributed by atoms with van der Waals surface area (Å²) in [5.74, 6) is 0.0262. The number of sulfonamides is 1. The Balaban J connectivity index is 1.34. The van der Waals surface area contributed by atoms with Crippen LogP contribution in [-0.4, -0.2) is 42.5 Å². The summed E-state index contributed by atoms with van der Waals surface area (Å²) < 4.78 is 34.7. The van der Waals surface area contributed by atoms with Crippen molar-refractivity contribution in [3.8, 4) is 5.75 Å². The zero-order valence-corrected chi connectivity index (χ0v) is 21.7. The van der Waals surface area contributed by atoms with E-state index >= 15 is 0 Å². The fourth-order valence-electron chi connectivity index (χ4n) is 5.74. The Morgan fingerprint density at radius 3 is 2.51 bits per heavy atom. The third-order valence-corrected chi connectivity index (χ3v) is 10.4. The van der Waals surface area contributed by atoms with Crippen molar-refractivity contribution < 1.29 is 23.1 Å². The molecule has 2 aromatic rings. The van der Waals surface area contributed by atoms with Gasteiger partial charge in [-0.15, -0.1) is 0 Å². The highest BCUT2D eigenvalue weighted by atomic mass is 35.5. The normalized spacial score (nSPS) is 21.7. The van der Waals surface area contributed by atoms with E-state index in [0.717, 1.165) is 48.1 Å². The summed E-state index contributed by atoms with van der Waals surface area (Å²) in [4.78, 5) is 11.9. The van der Waals surface area contributed by atoms with Crippen LogP contribution < -0.4 is 4.74 Å². The van der Waals surface area contributed by atoms with E-state index in [1.165, 1.54) is 4.31 Å². The molecule has 0 radical (unpaired) electrons. The van der Waals surface area contributed by atoms with Crippen LogP contribution in [0.15, 0.2) is 41.3 Å². The van der Waals surface area contributed by atoms with Gasteiger partial charge in [-0.25, -0.2) is 8.42 Å². The van der Waals surface area contributed by atoms with Gasteiger partial charge >= 0.3 is 5.97 Å². The molecule has 6 nitrogen and oxygen atoms in total. The first-order valence-electron chi connectivity index (χ1n) is 12.4. The number of hydrogen-bond donors (Lipinski definition) is 1. The van der Waals surface area contributed by atoms with Gasteiger partial charge in [0.1, 0.15) is 16.2 Å². The quantitative estimate of drug-likeness (QED) is 0.553. The molecule has 2 aromatic carbocycles. The van der Waals surface area contributed by atoms with Crippen molar-refractivity contribution in [3.63, 3.8) is 0 Å². The zero-order chi connectivity index (χ0) is 25.0. The van der Waals surface area contributed by atoms with Crippen LogP contribution in [0.25, 0.3) is 0 Å². The van der Waals surface area contributed by atoms with Crippen LogP contribution in [-0.2, 0) is 21.2 Å². The number of hydrogen-bond acceptors (Lipinski definition) is 4. The Hall–Kier alpha value is -2.09. The predicted molar refractivity (Wildman–Crippen MR) is 135 cm³/mol. The molecule has 1 spiro atoms. The smallest absolute Gasteiger partial charge is 0.306 e. The molecule has 3 aliphatic rings. The Kier molecular flexibility index (Phi) is 6.39. The van der Waals surface area contributed by atoms with Gasteiger partial charge in [0.25, 0.3) is 0 Å². The number of benzene rings is 2. The Labute approximate surface area is 212 Å². The van der Waals surface area contributed by atoms with Gasteiger partial charge in [0.2, 0.25) is 10.0 Å². The Morgan fingerprint density at radius 1 is 1.14 bits per heavy atom. The van der Waals surface area contributed by atoms with Crippen LogP contribution in [0.2, 0.25) is 5.02 Å². The number of halogens is 1. The molecule has 0 aromatic heterocycles. The standard InChI is InChI=1S/C27H32ClNO5S/c1-17-3-8-22(28)24(15-17)35(32,33)29-13-11-27(12-14-29)10-9-19-4-7-21(16-23(19)34-27)25(20-5-6-20)18(2)26(30)31/h3-4,7-8,15-16,18,20,25H,5-6,9-14H2,1-2H3,(H,30,31)/t18-,25-/m0/s1. The summed E-state index contributed by atoms with van der Waals surface area (Å²) in [6, 6.07) is 11.3. The molecule has 188 valence electrons. The SMILES string of the molecule is Cc1ccc(Cl)c(S(=O)(=O)N2CCC3(CCc4ccc([C@H](C5CC5)[C@H](C)C(=O)O)cc4O3)CC2)c1. The zero-order valence-electron chi connectivity index (χ0n) is 20.2. The fourth-order valence-corrected chi connectivity index (χ4v) is 7.74. The molecule has 1 aliphatic carbocycles. The van der Waals surface area contributed by atoms with E-state index in [2.05, 4.69) is 12.1 Å². The number of carboxylic acid groups (broad SMARTS) is 1. The lowest BCUT2D eigenvalue weighted by Gasteiger charge is -2.44. The summed E-state index contributed by atoms with van der Waals surface area (Å²) in [7, 11) is -3.68. The minimum atomic E-state index is -3.68. The average molecular weight is 518 g/mol. The monoisotopic (exact) mass is 517 g/mol. The molecule has 5 rings (SSSR count). The van der Waals surface area contributed by atoms with E-state index < -0.39 is 27.5 Å². The minimum Gasteiger partial charge on any atom is -0.487 e. The summed E-state index contributed by atoms with van der Waals surface area (Å²) in [6.45, 7) is 4.40. The van der Waals surface area contributed by atoms with E-state index in [4.69, 9.17) is 16.3 Å². The average Bonchev–Trinajstić information content (AvgIpc) is 3.66. The highest BCUT2D eigenvalue weighted by Gasteiger charge is 2.44. The van der Waals surface area contributed by atoms with Gasteiger partial charge in [-0.2, -0.15) is 4.31 Å². The van der Waals surface area contributed by atoms with Crippen LogP contribution in [0.5, 0.6) is 5.75 Å². The lowest BCUT2D eigenvalue weighted by atomic mass is 9.80. The number of aliphatic carboxylic acids is 1. The van der Waals surface area contributed by atoms with Crippen molar-refractivity contribution in [1.82, 2.24) is 4.31 Å². The molecule has 2 atom stereocenters. The van der Waals surface area contributed by atoms with Crippen LogP contribution in [0, 0.1) is 18.8 Å². The molecule has 1 N–H and O–H groups in total. The van der Waals surface area contributed by atoms with Gasteiger partial charge in [-0.1, -0.05) is 36.7 Å². The number of nitrogens with zero attached hydrogens (tertiary/aromatic N) is 1. The molecule has 0 unspecified atom stereocenters. The number of ether oxygens (including phenoxy) is 1. The lowest BCUT2D eigenvalue weighted by molar-refractivity contribution is -0.142. The number of aryl methyl sites for hydroxylation is 2. The highest BCUT2D eigenvalue weighted by molar-refractivity contribution is 7.89. The maximum absolute atomic E-state index is 13.3. The number of piperidine rings is 1. The predicted octanol–water partition coefficient (Wildman–Crippen LogP) is 5.41. The van der Waals surface area contributed by atoms with Crippen molar-refractivity contribution >= 4 is 27.6 Å². The maximum atomic E-state index is 13.3. The molecule has 0 amide bonds. The molecule has 2 heterocycles. The Bertz CT molecular complexity index is 1250. The molecule has 0 bridgehead atoms. The van der Waals surface area contributed by atoms with Gasteiger partial charge in [0, 0.05) is 25.9 Å². The molecular weight excluding hydrogens is 486 g/mol. The summed E-state index contributed by atoms with van der Waals surface area (Å²) in [5.41, 5.74) is 2.62. The van der Waals surface area contributed by atoms with Crippen molar-refractivity contribution in [2.45, 2.75) is 68.8 Å². The van der Waals surface area contributed by atoms with Crippen LogP contribution in [0.4, 0.5) is 0 Å². The van der Waals surface area contributed by atoms with E-state index in [0.29, 0.717) is 31.8 Å². The van der Waals surface area contributed by atoms with Crippen LogP contribution in [0.1, 0.15) is 61.6 Å².